The molecule has 112 valence electrons. The van der Waals surface area contributed by atoms with E-state index in [1.54, 1.807) is 25.7 Å². The van der Waals surface area contributed by atoms with Crippen LogP contribution in [0.2, 0.25) is 0 Å². The second kappa shape index (κ2) is 5.16. The van der Waals surface area contributed by atoms with E-state index in [0.717, 1.165) is 12.8 Å². The number of carboxylic acids is 1. The van der Waals surface area contributed by atoms with Gasteiger partial charge in [0, 0.05) is 12.6 Å². The van der Waals surface area contributed by atoms with Crippen molar-refractivity contribution in [1.82, 2.24) is 9.80 Å². The molecule has 0 radical (unpaired) electrons. The standard InChI is InChI=1S/C14H22N2O4/c1-9(2)16-11(17)8-10(12(16)18)15-7-5-4-6-14(15,3)13(19)20/h9-10H,4-8H2,1-3H3,(H,19,20). The molecule has 0 aromatic carbocycles. The molecule has 0 aromatic rings. The van der Waals surface area contributed by atoms with Crippen molar-refractivity contribution in [3.05, 3.63) is 0 Å². The second-order valence-electron chi connectivity index (χ2n) is 6.15. The first-order valence-electron chi connectivity index (χ1n) is 7.15. The highest BCUT2D eigenvalue weighted by molar-refractivity contribution is 6.06. The van der Waals surface area contributed by atoms with Crippen LogP contribution in [0.3, 0.4) is 0 Å². The lowest BCUT2D eigenvalue weighted by Gasteiger charge is -2.44. The average molecular weight is 282 g/mol. The molecule has 1 N–H and O–H groups in total. The van der Waals surface area contributed by atoms with Crippen LogP contribution in [-0.4, -0.2) is 56.9 Å². The topological polar surface area (TPSA) is 77.9 Å². The van der Waals surface area contributed by atoms with Gasteiger partial charge in [-0.25, -0.2) is 0 Å². The lowest BCUT2D eigenvalue weighted by molar-refractivity contribution is -0.157. The molecular formula is C14H22N2O4. The van der Waals surface area contributed by atoms with Crippen molar-refractivity contribution in [3.8, 4) is 0 Å². The molecule has 0 aliphatic carbocycles. The lowest BCUT2D eigenvalue weighted by Crippen LogP contribution is -2.60. The van der Waals surface area contributed by atoms with E-state index < -0.39 is 17.6 Å². The van der Waals surface area contributed by atoms with Gasteiger partial charge in [0.25, 0.3) is 0 Å². The first-order valence-corrected chi connectivity index (χ1v) is 7.15. The summed E-state index contributed by atoms with van der Waals surface area (Å²) in [6.45, 7) is 5.80. The minimum absolute atomic E-state index is 0.0971. The van der Waals surface area contributed by atoms with Crippen LogP contribution < -0.4 is 0 Å². The third kappa shape index (κ3) is 2.22. The quantitative estimate of drug-likeness (QED) is 0.776. The summed E-state index contributed by atoms with van der Waals surface area (Å²) in [5.41, 5.74) is -1.05. The summed E-state index contributed by atoms with van der Waals surface area (Å²) >= 11 is 0. The molecule has 6 nitrogen and oxygen atoms in total. The molecule has 20 heavy (non-hydrogen) atoms. The van der Waals surface area contributed by atoms with Crippen molar-refractivity contribution in [3.63, 3.8) is 0 Å². The van der Waals surface area contributed by atoms with Crippen molar-refractivity contribution in [2.45, 2.75) is 64.1 Å². The molecule has 2 fully saturated rings. The third-order valence-corrected chi connectivity index (χ3v) is 4.46. The van der Waals surface area contributed by atoms with E-state index in [2.05, 4.69) is 0 Å². The summed E-state index contributed by atoms with van der Waals surface area (Å²) in [5.74, 6) is -1.37. The van der Waals surface area contributed by atoms with Crippen LogP contribution in [0.5, 0.6) is 0 Å². The summed E-state index contributed by atoms with van der Waals surface area (Å²) in [6.07, 6.45) is 2.31. The molecule has 2 rings (SSSR count). The Hall–Kier alpha value is -1.43. The number of imide groups is 1. The fourth-order valence-electron chi connectivity index (χ4n) is 3.29. The fraction of sp³-hybridized carbons (Fsp3) is 0.786. The highest BCUT2D eigenvalue weighted by Gasteiger charge is 2.51. The molecule has 2 aliphatic heterocycles. The number of rotatable bonds is 3. The van der Waals surface area contributed by atoms with Crippen LogP contribution in [0.1, 0.15) is 46.5 Å². The van der Waals surface area contributed by atoms with E-state index in [0.29, 0.717) is 13.0 Å². The van der Waals surface area contributed by atoms with Crippen molar-refractivity contribution < 1.29 is 19.5 Å². The van der Waals surface area contributed by atoms with Crippen LogP contribution >= 0.6 is 0 Å². The van der Waals surface area contributed by atoms with Crippen LogP contribution in [0.25, 0.3) is 0 Å². The molecule has 2 heterocycles. The minimum Gasteiger partial charge on any atom is -0.480 e. The number of aliphatic carboxylic acids is 1. The number of hydrogen-bond donors (Lipinski definition) is 1. The largest absolute Gasteiger partial charge is 0.480 e. The normalized spacial score (nSPS) is 32.2. The Morgan fingerprint density at radius 2 is 2.00 bits per heavy atom. The molecule has 2 amide bonds. The van der Waals surface area contributed by atoms with Gasteiger partial charge in [-0.2, -0.15) is 0 Å². The number of nitrogens with zero attached hydrogens (tertiary/aromatic N) is 2. The first kappa shape index (κ1) is 15.0. The van der Waals surface area contributed by atoms with Gasteiger partial charge in [-0.3, -0.25) is 24.2 Å². The van der Waals surface area contributed by atoms with Crippen LogP contribution in [0, 0.1) is 0 Å². The highest BCUT2D eigenvalue weighted by atomic mass is 16.4. The molecule has 0 aromatic heterocycles. The van der Waals surface area contributed by atoms with Gasteiger partial charge in [-0.1, -0.05) is 0 Å². The Balaban J connectivity index is 2.28. The van der Waals surface area contributed by atoms with Gasteiger partial charge in [-0.15, -0.1) is 0 Å². The Kier molecular flexibility index (Phi) is 3.86. The van der Waals surface area contributed by atoms with Crippen molar-refractivity contribution in [1.29, 1.82) is 0 Å². The Bertz CT molecular complexity index is 448. The molecule has 2 unspecified atom stereocenters. The summed E-state index contributed by atoms with van der Waals surface area (Å²) in [5, 5.41) is 9.50. The van der Waals surface area contributed by atoms with E-state index in [1.165, 1.54) is 4.90 Å². The van der Waals surface area contributed by atoms with Crippen molar-refractivity contribution in [2.24, 2.45) is 0 Å². The van der Waals surface area contributed by atoms with Gasteiger partial charge in [0.05, 0.1) is 12.5 Å². The van der Waals surface area contributed by atoms with E-state index in [1.807, 2.05) is 0 Å². The van der Waals surface area contributed by atoms with Crippen LogP contribution in [0.15, 0.2) is 0 Å². The SMILES string of the molecule is CC(C)N1C(=O)CC(N2CCCCC2(C)C(=O)O)C1=O. The van der Waals surface area contributed by atoms with Gasteiger partial charge in [0.1, 0.15) is 5.54 Å². The van der Waals surface area contributed by atoms with E-state index in [4.69, 9.17) is 0 Å². The number of carboxylic acid groups (broad SMARTS) is 1. The maximum absolute atomic E-state index is 12.4. The van der Waals surface area contributed by atoms with Gasteiger partial charge >= 0.3 is 5.97 Å². The predicted molar refractivity (Wildman–Crippen MR) is 72.0 cm³/mol. The summed E-state index contributed by atoms with van der Waals surface area (Å²) in [4.78, 5) is 39.0. The minimum atomic E-state index is -1.05. The first-order chi connectivity index (χ1) is 9.29. The maximum Gasteiger partial charge on any atom is 0.323 e. The average Bonchev–Trinajstić information content (AvgIpc) is 2.65. The summed E-state index contributed by atoms with van der Waals surface area (Å²) in [6, 6.07) is -0.799. The number of carbonyl (C=O) groups excluding carboxylic acids is 2. The number of amides is 2. The van der Waals surface area contributed by atoms with Gasteiger partial charge < -0.3 is 5.11 Å². The van der Waals surface area contributed by atoms with Gasteiger partial charge in [-0.05, 0) is 40.0 Å². The second-order valence-corrected chi connectivity index (χ2v) is 6.15. The van der Waals surface area contributed by atoms with E-state index in [-0.39, 0.29) is 24.3 Å². The third-order valence-electron chi connectivity index (χ3n) is 4.46. The number of carbonyl (C=O) groups is 3. The number of hydrogen-bond acceptors (Lipinski definition) is 4. The molecule has 2 aliphatic rings. The summed E-state index contributed by atoms with van der Waals surface area (Å²) < 4.78 is 0. The molecule has 0 spiro atoms. The smallest absolute Gasteiger partial charge is 0.323 e. The Morgan fingerprint density at radius 1 is 1.35 bits per heavy atom. The lowest BCUT2D eigenvalue weighted by atomic mass is 9.86. The maximum atomic E-state index is 12.4. The zero-order valence-electron chi connectivity index (χ0n) is 12.3. The zero-order valence-corrected chi connectivity index (χ0v) is 12.3. The van der Waals surface area contributed by atoms with Crippen molar-refractivity contribution in [2.75, 3.05) is 6.54 Å². The highest BCUT2D eigenvalue weighted by Crippen LogP contribution is 2.34. The molecule has 2 saturated heterocycles. The van der Waals surface area contributed by atoms with Crippen LogP contribution in [-0.2, 0) is 14.4 Å². The number of piperidine rings is 1. The zero-order chi connectivity index (χ0) is 15.1. The van der Waals surface area contributed by atoms with E-state index >= 15 is 0 Å². The van der Waals surface area contributed by atoms with Crippen molar-refractivity contribution >= 4 is 17.8 Å². The monoisotopic (exact) mass is 282 g/mol. The predicted octanol–water partition coefficient (Wildman–Crippen LogP) is 0.852. The Labute approximate surface area is 118 Å². The Morgan fingerprint density at radius 3 is 2.50 bits per heavy atom. The van der Waals surface area contributed by atoms with Gasteiger partial charge in [0.2, 0.25) is 11.8 Å². The fourth-order valence-corrected chi connectivity index (χ4v) is 3.29. The molecule has 6 heteroatoms. The molecular weight excluding hydrogens is 260 g/mol. The number of likely N-dealkylation sites (tertiary alicyclic amines) is 2. The van der Waals surface area contributed by atoms with Gasteiger partial charge in [0.15, 0.2) is 0 Å². The summed E-state index contributed by atoms with van der Waals surface area (Å²) in [7, 11) is 0. The molecule has 2 atom stereocenters. The molecule has 0 bridgehead atoms. The van der Waals surface area contributed by atoms with Crippen LogP contribution in [0.4, 0.5) is 0 Å². The van der Waals surface area contributed by atoms with E-state index in [9.17, 15) is 19.5 Å². The molecule has 0 saturated carbocycles.